The van der Waals surface area contributed by atoms with Gasteiger partial charge in [-0.3, -0.25) is 0 Å². The number of benzene rings is 1. The Balaban J connectivity index is 1.51. The van der Waals surface area contributed by atoms with Gasteiger partial charge in [-0.2, -0.15) is 0 Å². The number of aromatic amines is 1. The van der Waals surface area contributed by atoms with Gasteiger partial charge in [-0.05, 0) is 18.2 Å². The van der Waals surface area contributed by atoms with E-state index in [1.54, 1.807) is 25.7 Å². The highest BCUT2D eigenvalue weighted by Crippen LogP contribution is 2.23. The number of hydrogen-bond acceptors (Lipinski definition) is 7. The molecule has 8 heteroatoms. The van der Waals surface area contributed by atoms with E-state index in [2.05, 4.69) is 30.2 Å². The van der Waals surface area contributed by atoms with Gasteiger partial charge in [0.1, 0.15) is 17.9 Å². The maximum Gasteiger partial charge on any atom is 0.212 e. The second-order valence-electron chi connectivity index (χ2n) is 5.67. The summed E-state index contributed by atoms with van der Waals surface area (Å²) >= 11 is 0. The second-order valence-corrected chi connectivity index (χ2v) is 5.67. The summed E-state index contributed by atoms with van der Waals surface area (Å²) < 4.78 is 10.8. The van der Waals surface area contributed by atoms with Crippen LogP contribution in [0.4, 0.5) is 5.82 Å². The van der Waals surface area contributed by atoms with Crippen LogP contribution in [0.1, 0.15) is 0 Å². The molecule has 0 fully saturated rings. The summed E-state index contributed by atoms with van der Waals surface area (Å²) in [6, 6.07) is 13.3. The number of rotatable bonds is 7. The zero-order valence-electron chi connectivity index (χ0n) is 14.7. The van der Waals surface area contributed by atoms with Gasteiger partial charge < -0.3 is 19.8 Å². The summed E-state index contributed by atoms with van der Waals surface area (Å²) in [6.45, 7) is 1.09. The molecule has 0 aliphatic heterocycles. The van der Waals surface area contributed by atoms with Gasteiger partial charge in [0.15, 0.2) is 17.3 Å². The predicted molar refractivity (Wildman–Crippen MR) is 102 cm³/mol. The number of ether oxygens (including phenoxy) is 2. The zero-order valence-corrected chi connectivity index (χ0v) is 14.7. The molecule has 0 atom stereocenters. The molecular weight excluding hydrogens is 344 g/mol. The van der Waals surface area contributed by atoms with Crippen LogP contribution in [-0.4, -0.2) is 45.2 Å². The van der Waals surface area contributed by atoms with E-state index in [0.29, 0.717) is 36.3 Å². The Morgan fingerprint density at radius 3 is 2.70 bits per heavy atom. The zero-order chi connectivity index (χ0) is 18.5. The van der Waals surface area contributed by atoms with Crippen molar-refractivity contribution in [2.45, 2.75) is 0 Å². The van der Waals surface area contributed by atoms with Gasteiger partial charge in [0.05, 0.1) is 20.0 Å². The van der Waals surface area contributed by atoms with Crippen molar-refractivity contribution in [3.63, 3.8) is 0 Å². The minimum atomic E-state index is 0.503. The van der Waals surface area contributed by atoms with Gasteiger partial charge >= 0.3 is 0 Å². The molecule has 3 aromatic heterocycles. The average molecular weight is 362 g/mol. The number of fused-ring (bicyclic) bond motifs is 1. The standard InChI is InChI=1S/C19H18N6O2/c1-26-15-8-7-13(11-21-15)17-24-18(16-19(25-17)23-12-22-16)20-9-10-27-14-5-3-2-4-6-14/h2-8,11-12H,9-10H2,1H3,(H2,20,22,23,24,25). The smallest absolute Gasteiger partial charge is 0.212 e. The molecule has 0 aliphatic carbocycles. The van der Waals surface area contributed by atoms with E-state index in [0.717, 1.165) is 16.8 Å². The molecule has 1 aromatic carbocycles. The molecule has 2 N–H and O–H groups in total. The van der Waals surface area contributed by atoms with Crippen molar-refractivity contribution in [2.24, 2.45) is 0 Å². The largest absolute Gasteiger partial charge is 0.492 e. The Kier molecular flexibility index (Phi) is 4.78. The van der Waals surface area contributed by atoms with Crippen molar-refractivity contribution in [2.75, 3.05) is 25.6 Å². The molecule has 4 aromatic rings. The first-order valence-electron chi connectivity index (χ1n) is 8.47. The summed E-state index contributed by atoms with van der Waals surface area (Å²) in [6.07, 6.45) is 3.27. The number of para-hydroxylation sites is 1. The quantitative estimate of drug-likeness (QED) is 0.488. The molecule has 0 amide bonds. The van der Waals surface area contributed by atoms with Crippen LogP contribution in [0.25, 0.3) is 22.6 Å². The van der Waals surface area contributed by atoms with Crippen LogP contribution in [0.5, 0.6) is 11.6 Å². The third-order valence-corrected chi connectivity index (χ3v) is 3.90. The molecule has 27 heavy (non-hydrogen) atoms. The number of H-pyrrole nitrogens is 1. The number of methoxy groups -OCH3 is 1. The first-order valence-corrected chi connectivity index (χ1v) is 8.47. The van der Waals surface area contributed by atoms with Gasteiger partial charge in [-0.15, -0.1) is 0 Å². The van der Waals surface area contributed by atoms with Crippen LogP contribution in [0, 0.1) is 0 Å². The highest BCUT2D eigenvalue weighted by atomic mass is 16.5. The first kappa shape index (κ1) is 16.8. The van der Waals surface area contributed by atoms with Crippen molar-refractivity contribution in [3.8, 4) is 23.0 Å². The lowest BCUT2D eigenvalue weighted by Crippen LogP contribution is -2.13. The number of hydrogen-bond donors (Lipinski definition) is 2. The summed E-state index contributed by atoms with van der Waals surface area (Å²) in [7, 11) is 1.58. The molecule has 0 aliphatic rings. The molecule has 0 radical (unpaired) electrons. The lowest BCUT2D eigenvalue weighted by molar-refractivity contribution is 0.333. The van der Waals surface area contributed by atoms with Crippen molar-refractivity contribution in [3.05, 3.63) is 55.0 Å². The Morgan fingerprint density at radius 2 is 1.93 bits per heavy atom. The lowest BCUT2D eigenvalue weighted by atomic mass is 10.2. The van der Waals surface area contributed by atoms with Crippen LogP contribution >= 0.6 is 0 Å². The van der Waals surface area contributed by atoms with E-state index in [-0.39, 0.29) is 0 Å². The van der Waals surface area contributed by atoms with E-state index < -0.39 is 0 Å². The summed E-state index contributed by atoms with van der Waals surface area (Å²) in [4.78, 5) is 20.6. The topological polar surface area (TPSA) is 97.8 Å². The molecule has 4 rings (SSSR count). The Hall–Kier alpha value is -3.68. The van der Waals surface area contributed by atoms with Gasteiger partial charge in [-0.25, -0.2) is 19.9 Å². The molecule has 3 heterocycles. The van der Waals surface area contributed by atoms with Gasteiger partial charge in [0.25, 0.3) is 0 Å². The van der Waals surface area contributed by atoms with Gasteiger partial charge in [-0.1, -0.05) is 18.2 Å². The first-order chi connectivity index (χ1) is 13.3. The highest BCUT2D eigenvalue weighted by Gasteiger charge is 2.12. The molecule has 0 saturated heterocycles. The van der Waals surface area contributed by atoms with E-state index in [9.17, 15) is 0 Å². The maximum absolute atomic E-state index is 5.71. The molecule has 0 unspecified atom stereocenters. The summed E-state index contributed by atoms with van der Waals surface area (Å²) in [5.74, 6) is 2.57. The SMILES string of the molecule is COc1ccc(-c2nc(NCCOc3ccccc3)c3[nH]cnc3n2)cn1. The predicted octanol–water partition coefficient (Wildman–Crippen LogP) is 2.91. The number of imidazole rings is 1. The van der Waals surface area contributed by atoms with Crippen molar-refractivity contribution < 1.29 is 9.47 Å². The van der Waals surface area contributed by atoms with E-state index in [4.69, 9.17) is 9.47 Å². The fourth-order valence-electron chi connectivity index (χ4n) is 2.58. The highest BCUT2D eigenvalue weighted by molar-refractivity contribution is 5.84. The number of pyridine rings is 1. The van der Waals surface area contributed by atoms with E-state index >= 15 is 0 Å². The molecule has 0 spiro atoms. The lowest BCUT2D eigenvalue weighted by Gasteiger charge is -2.10. The van der Waals surface area contributed by atoms with E-state index in [1.165, 1.54) is 0 Å². The van der Waals surface area contributed by atoms with Crippen molar-refractivity contribution in [1.82, 2.24) is 24.9 Å². The minimum Gasteiger partial charge on any atom is -0.492 e. The van der Waals surface area contributed by atoms with Gasteiger partial charge in [0.2, 0.25) is 5.88 Å². The monoisotopic (exact) mass is 362 g/mol. The third kappa shape index (κ3) is 3.79. The van der Waals surface area contributed by atoms with Crippen molar-refractivity contribution in [1.29, 1.82) is 0 Å². The number of anilines is 1. The molecule has 8 nitrogen and oxygen atoms in total. The minimum absolute atomic E-state index is 0.503. The Morgan fingerprint density at radius 1 is 1.04 bits per heavy atom. The summed E-state index contributed by atoms with van der Waals surface area (Å²) in [5.41, 5.74) is 2.12. The molecular formula is C19H18N6O2. The Bertz CT molecular complexity index is 1020. The van der Waals surface area contributed by atoms with Crippen LogP contribution < -0.4 is 14.8 Å². The fraction of sp³-hybridized carbons (Fsp3) is 0.158. The molecule has 136 valence electrons. The maximum atomic E-state index is 5.71. The van der Waals surface area contributed by atoms with Gasteiger partial charge in [0, 0.05) is 17.8 Å². The second kappa shape index (κ2) is 7.69. The van der Waals surface area contributed by atoms with Crippen LogP contribution in [0.15, 0.2) is 55.0 Å². The summed E-state index contributed by atoms with van der Waals surface area (Å²) in [5, 5.41) is 3.28. The third-order valence-electron chi connectivity index (χ3n) is 3.90. The van der Waals surface area contributed by atoms with Crippen LogP contribution in [0.2, 0.25) is 0 Å². The average Bonchev–Trinajstić information content (AvgIpc) is 3.21. The Labute approximate surface area is 155 Å². The number of aromatic nitrogens is 5. The number of nitrogens with zero attached hydrogens (tertiary/aromatic N) is 4. The van der Waals surface area contributed by atoms with Crippen LogP contribution in [-0.2, 0) is 0 Å². The van der Waals surface area contributed by atoms with E-state index in [1.807, 2.05) is 36.4 Å². The van der Waals surface area contributed by atoms with Crippen LogP contribution in [0.3, 0.4) is 0 Å². The molecule has 0 bridgehead atoms. The fourth-order valence-corrected chi connectivity index (χ4v) is 2.58. The molecule has 0 saturated carbocycles. The normalized spacial score (nSPS) is 10.7. The van der Waals surface area contributed by atoms with Crippen molar-refractivity contribution >= 4 is 17.0 Å². The number of nitrogens with one attached hydrogen (secondary N) is 2.